The molecule has 0 radical (unpaired) electrons. The predicted molar refractivity (Wildman–Crippen MR) is 92.3 cm³/mol. The quantitative estimate of drug-likeness (QED) is 0.688. The topological polar surface area (TPSA) is 65.7 Å². The Bertz CT molecular complexity index is 968. The maximum Gasteiger partial charge on any atom is 0.416 e. The second kappa shape index (κ2) is 6.98. The van der Waals surface area contributed by atoms with E-state index in [4.69, 9.17) is 4.74 Å². The molecular weight excluding hydrogens is 359 g/mol. The maximum absolute atomic E-state index is 12.9. The molecule has 2 aromatic heterocycles. The van der Waals surface area contributed by atoms with Gasteiger partial charge in [-0.05, 0) is 44.0 Å². The normalized spacial score (nSPS) is 12.9. The molecule has 0 bridgehead atoms. The summed E-state index contributed by atoms with van der Waals surface area (Å²) in [6.45, 7) is 5.24. The largest absolute Gasteiger partial charge is 0.481 e. The number of hydrogen-bond donors (Lipinski definition) is 0. The monoisotopic (exact) mass is 377 g/mol. The Labute approximate surface area is 154 Å². The third-order valence-corrected chi connectivity index (χ3v) is 4.24. The zero-order chi connectivity index (χ0) is 19.8. The lowest BCUT2D eigenvalue weighted by Crippen LogP contribution is -2.11. The second-order valence-electron chi connectivity index (χ2n) is 6.17. The molecule has 0 aliphatic heterocycles. The Morgan fingerprint density at radius 1 is 1.07 bits per heavy atom. The summed E-state index contributed by atoms with van der Waals surface area (Å²) in [5.41, 5.74) is 1.68. The molecule has 3 rings (SSSR count). The van der Waals surface area contributed by atoms with Crippen molar-refractivity contribution in [1.29, 1.82) is 0 Å². The standard InChI is InChI=1S/C18H18F3N5O/c1-10-7-13(18(19,20)21)5-6-14(10)11(2)26-9-16(24-25-26)15-8-17(27-4)23-12(3)22-15/h5-9,11H,1-4H3. The predicted octanol–water partition coefficient (Wildman–Crippen LogP) is 3.99. The number of aromatic nitrogens is 5. The number of hydrogen-bond acceptors (Lipinski definition) is 5. The molecule has 27 heavy (non-hydrogen) atoms. The molecule has 0 amide bonds. The first-order chi connectivity index (χ1) is 12.7. The van der Waals surface area contributed by atoms with Gasteiger partial charge in [0, 0.05) is 6.07 Å². The molecule has 0 spiro atoms. The van der Waals surface area contributed by atoms with Crippen LogP contribution in [0.25, 0.3) is 11.4 Å². The van der Waals surface area contributed by atoms with E-state index in [1.807, 2.05) is 6.92 Å². The van der Waals surface area contributed by atoms with Crippen LogP contribution in [0.4, 0.5) is 13.2 Å². The molecule has 1 unspecified atom stereocenters. The van der Waals surface area contributed by atoms with Gasteiger partial charge in [0.1, 0.15) is 11.5 Å². The van der Waals surface area contributed by atoms with Gasteiger partial charge in [-0.25, -0.2) is 9.67 Å². The Morgan fingerprint density at radius 2 is 1.81 bits per heavy atom. The van der Waals surface area contributed by atoms with Crippen LogP contribution in [-0.2, 0) is 6.18 Å². The third-order valence-electron chi connectivity index (χ3n) is 4.24. The average molecular weight is 377 g/mol. The number of aryl methyl sites for hydroxylation is 2. The molecule has 0 N–H and O–H groups in total. The van der Waals surface area contributed by atoms with Crippen LogP contribution in [0.1, 0.15) is 35.5 Å². The average Bonchev–Trinajstić information content (AvgIpc) is 3.10. The number of rotatable bonds is 4. The first-order valence-electron chi connectivity index (χ1n) is 8.18. The summed E-state index contributed by atoms with van der Waals surface area (Å²) in [4.78, 5) is 8.45. The van der Waals surface area contributed by atoms with Crippen molar-refractivity contribution >= 4 is 0 Å². The minimum Gasteiger partial charge on any atom is -0.481 e. The van der Waals surface area contributed by atoms with Crippen LogP contribution in [0.15, 0.2) is 30.5 Å². The lowest BCUT2D eigenvalue weighted by Gasteiger charge is -2.16. The van der Waals surface area contributed by atoms with E-state index in [9.17, 15) is 13.2 Å². The molecule has 1 atom stereocenters. The summed E-state index contributed by atoms with van der Waals surface area (Å²) in [5.74, 6) is 0.948. The van der Waals surface area contributed by atoms with Crippen molar-refractivity contribution in [3.8, 4) is 17.3 Å². The first-order valence-corrected chi connectivity index (χ1v) is 8.18. The van der Waals surface area contributed by atoms with E-state index in [2.05, 4.69) is 20.3 Å². The van der Waals surface area contributed by atoms with Gasteiger partial charge in [-0.2, -0.15) is 18.2 Å². The van der Waals surface area contributed by atoms with Crippen LogP contribution in [0.2, 0.25) is 0 Å². The van der Waals surface area contributed by atoms with Crippen LogP contribution in [-0.4, -0.2) is 32.1 Å². The Kier molecular flexibility index (Phi) is 4.86. The minimum atomic E-state index is -4.36. The van der Waals surface area contributed by atoms with E-state index in [0.29, 0.717) is 28.7 Å². The molecular formula is C18H18F3N5O. The van der Waals surface area contributed by atoms with E-state index in [-0.39, 0.29) is 6.04 Å². The Balaban J connectivity index is 1.92. The van der Waals surface area contributed by atoms with Crippen molar-refractivity contribution in [3.05, 3.63) is 53.0 Å². The van der Waals surface area contributed by atoms with Crippen molar-refractivity contribution in [2.45, 2.75) is 33.0 Å². The molecule has 0 aliphatic carbocycles. The fourth-order valence-corrected chi connectivity index (χ4v) is 2.82. The highest BCUT2D eigenvalue weighted by atomic mass is 19.4. The molecule has 9 heteroatoms. The molecule has 142 valence electrons. The van der Waals surface area contributed by atoms with Gasteiger partial charge in [0.15, 0.2) is 0 Å². The van der Waals surface area contributed by atoms with Gasteiger partial charge in [-0.15, -0.1) is 5.10 Å². The molecule has 6 nitrogen and oxygen atoms in total. The van der Waals surface area contributed by atoms with Gasteiger partial charge in [0.25, 0.3) is 0 Å². The van der Waals surface area contributed by atoms with Gasteiger partial charge in [0.05, 0.1) is 30.6 Å². The van der Waals surface area contributed by atoms with Gasteiger partial charge in [0.2, 0.25) is 5.88 Å². The Hall–Kier alpha value is -2.97. The highest BCUT2D eigenvalue weighted by molar-refractivity contribution is 5.53. The lowest BCUT2D eigenvalue weighted by molar-refractivity contribution is -0.137. The summed E-state index contributed by atoms with van der Waals surface area (Å²) >= 11 is 0. The van der Waals surface area contributed by atoms with Crippen molar-refractivity contribution < 1.29 is 17.9 Å². The van der Waals surface area contributed by atoms with Crippen LogP contribution in [0.3, 0.4) is 0 Å². The third kappa shape index (κ3) is 3.91. The lowest BCUT2D eigenvalue weighted by atomic mass is 10.00. The van der Waals surface area contributed by atoms with Crippen LogP contribution < -0.4 is 4.74 Å². The highest BCUT2D eigenvalue weighted by Crippen LogP contribution is 2.32. The van der Waals surface area contributed by atoms with Gasteiger partial charge in [-0.1, -0.05) is 11.3 Å². The molecule has 1 aromatic carbocycles. The number of nitrogens with zero attached hydrogens (tertiary/aromatic N) is 5. The van der Waals surface area contributed by atoms with Crippen molar-refractivity contribution in [2.24, 2.45) is 0 Å². The smallest absolute Gasteiger partial charge is 0.416 e. The summed E-state index contributed by atoms with van der Waals surface area (Å²) in [6, 6.07) is 5.05. The van der Waals surface area contributed by atoms with Crippen molar-refractivity contribution in [2.75, 3.05) is 7.11 Å². The number of halogens is 3. The Morgan fingerprint density at radius 3 is 2.44 bits per heavy atom. The highest BCUT2D eigenvalue weighted by Gasteiger charge is 2.31. The minimum absolute atomic E-state index is 0.293. The first kappa shape index (κ1) is 18.8. The van der Waals surface area contributed by atoms with Crippen LogP contribution in [0.5, 0.6) is 5.88 Å². The van der Waals surface area contributed by atoms with Crippen LogP contribution >= 0.6 is 0 Å². The zero-order valence-electron chi connectivity index (χ0n) is 15.2. The summed E-state index contributed by atoms with van der Waals surface area (Å²) in [7, 11) is 1.51. The van der Waals surface area contributed by atoms with E-state index >= 15 is 0 Å². The van der Waals surface area contributed by atoms with Gasteiger partial charge < -0.3 is 4.74 Å². The fourth-order valence-electron chi connectivity index (χ4n) is 2.82. The summed E-state index contributed by atoms with van der Waals surface area (Å²) in [5, 5.41) is 8.23. The second-order valence-corrected chi connectivity index (χ2v) is 6.17. The molecule has 0 saturated carbocycles. The van der Waals surface area contributed by atoms with E-state index in [1.165, 1.54) is 13.2 Å². The SMILES string of the molecule is COc1cc(-c2cn(C(C)c3ccc(C(F)(F)F)cc3C)nn2)nc(C)n1. The zero-order valence-corrected chi connectivity index (χ0v) is 15.2. The maximum atomic E-state index is 12.9. The summed E-state index contributed by atoms with van der Waals surface area (Å²) < 4.78 is 45.3. The number of alkyl halides is 3. The summed E-state index contributed by atoms with van der Waals surface area (Å²) in [6.07, 6.45) is -2.67. The molecule has 0 saturated heterocycles. The van der Waals surface area contributed by atoms with Crippen molar-refractivity contribution in [3.63, 3.8) is 0 Å². The van der Waals surface area contributed by atoms with E-state index < -0.39 is 11.7 Å². The molecule has 0 fully saturated rings. The number of ether oxygens (including phenoxy) is 1. The fraction of sp³-hybridized carbons (Fsp3) is 0.333. The van der Waals surface area contributed by atoms with Crippen LogP contribution in [0, 0.1) is 13.8 Å². The van der Waals surface area contributed by atoms with Crippen molar-refractivity contribution in [1.82, 2.24) is 25.0 Å². The molecule has 2 heterocycles. The molecule has 0 aliphatic rings. The number of benzene rings is 1. The molecule has 3 aromatic rings. The number of methoxy groups -OCH3 is 1. The van der Waals surface area contributed by atoms with E-state index in [0.717, 1.165) is 17.7 Å². The van der Waals surface area contributed by atoms with Gasteiger partial charge >= 0.3 is 6.18 Å². The van der Waals surface area contributed by atoms with Gasteiger partial charge in [-0.3, -0.25) is 0 Å². The van der Waals surface area contributed by atoms with E-state index in [1.54, 1.807) is 30.8 Å².